The Hall–Kier alpha value is -3.81. The van der Waals surface area contributed by atoms with Crippen LogP contribution in [0.15, 0.2) is 54.7 Å². The minimum absolute atomic E-state index is 0. The van der Waals surface area contributed by atoms with Crippen LogP contribution < -0.4 is 25.6 Å². The van der Waals surface area contributed by atoms with E-state index in [4.69, 9.17) is 4.74 Å². The van der Waals surface area contributed by atoms with Gasteiger partial charge in [0.05, 0.1) is 28.1 Å². The van der Waals surface area contributed by atoms with Gasteiger partial charge >= 0.3 is 6.03 Å². The highest BCUT2D eigenvalue weighted by atomic mass is 32.1. The highest BCUT2D eigenvalue weighted by Crippen LogP contribution is 2.46. The lowest BCUT2D eigenvalue weighted by Crippen LogP contribution is -2.38. The third kappa shape index (κ3) is 6.03. The van der Waals surface area contributed by atoms with Crippen molar-refractivity contribution in [3.8, 4) is 11.6 Å². The summed E-state index contributed by atoms with van der Waals surface area (Å²) in [5.74, 6) is 0.843. The molecule has 0 unspecified atom stereocenters. The molecule has 13 heteroatoms. The SMILES string of the molecule is CCC(=O)N[C@H]1CC[C@H](NC(=O)c2sc3nccc4c3c2NC(=O)N4c2ccc(Oc3ccccc3)nc2C)C1.S.S. The first-order valence-electron chi connectivity index (χ1n) is 13.2. The fourth-order valence-corrected chi connectivity index (χ4v) is 6.26. The highest BCUT2D eigenvalue weighted by molar-refractivity contribution is 7.59. The Morgan fingerprint density at radius 3 is 2.50 bits per heavy atom. The van der Waals surface area contributed by atoms with Gasteiger partial charge in [-0.1, -0.05) is 25.1 Å². The summed E-state index contributed by atoms with van der Waals surface area (Å²) in [5, 5.41) is 9.74. The number of benzene rings is 1. The average Bonchev–Trinajstić information content (AvgIpc) is 3.55. The van der Waals surface area contributed by atoms with E-state index in [2.05, 4.69) is 25.9 Å². The molecular weight excluding hydrogens is 593 g/mol. The standard InChI is InChI=1S/C29H28N6O4S.2H2S/c1-3-22(36)32-17-9-10-18(15-17)33-27(37)26-25-24-21(13-14-30-28(24)40-26)35(29(38)34-25)20-11-12-23(31-16(20)2)39-19-7-5-4-6-8-19;;/h4-8,11-14,17-18H,3,9-10,15H2,1-2H3,(H,32,36)(H,33,37)(H,34,38);2*1H2/t17-,18-;;/m0../s1. The number of pyridine rings is 2. The van der Waals surface area contributed by atoms with Gasteiger partial charge in [0.2, 0.25) is 11.8 Å². The third-order valence-electron chi connectivity index (χ3n) is 7.15. The van der Waals surface area contributed by atoms with Crippen molar-refractivity contribution in [2.45, 2.75) is 51.6 Å². The predicted octanol–water partition coefficient (Wildman–Crippen LogP) is 5.88. The van der Waals surface area contributed by atoms with Crippen molar-refractivity contribution >= 4 is 83.5 Å². The van der Waals surface area contributed by atoms with Gasteiger partial charge in [-0.3, -0.25) is 14.5 Å². The summed E-state index contributed by atoms with van der Waals surface area (Å²) in [4.78, 5) is 50.3. The van der Waals surface area contributed by atoms with E-state index in [1.165, 1.54) is 11.3 Å². The van der Waals surface area contributed by atoms with E-state index >= 15 is 0 Å². The number of hydrogen-bond acceptors (Lipinski definition) is 7. The molecule has 0 radical (unpaired) electrons. The van der Waals surface area contributed by atoms with Crippen molar-refractivity contribution in [2.75, 3.05) is 10.2 Å². The molecule has 4 amide bonds. The van der Waals surface area contributed by atoms with E-state index in [0.717, 1.165) is 12.8 Å². The van der Waals surface area contributed by atoms with Crippen molar-refractivity contribution in [3.63, 3.8) is 0 Å². The van der Waals surface area contributed by atoms with E-state index in [9.17, 15) is 14.4 Å². The van der Waals surface area contributed by atoms with E-state index in [1.807, 2.05) is 44.2 Å². The quantitative estimate of drug-likeness (QED) is 0.236. The van der Waals surface area contributed by atoms with Crippen LogP contribution >= 0.6 is 38.3 Å². The van der Waals surface area contributed by atoms with Crippen LogP contribution in [-0.4, -0.2) is 39.9 Å². The number of aryl methyl sites for hydroxylation is 1. The number of rotatable bonds is 7. The van der Waals surface area contributed by atoms with E-state index in [0.29, 0.717) is 62.3 Å². The Bertz CT molecular complexity index is 1630. The summed E-state index contributed by atoms with van der Waals surface area (Å²) >= 11 is 1.25. The first-order valence-corrected chi connectivity index (χ1v) is 14.1. The molecule has 0 spiro atoms. The van der Waals surface area contributed by atoms with Crippen molar-refractivity contribution in [1.82, 2.24) is 20.6 Å². The summed E-state index contributed by atoms with van der Waals surface area (Å²) < 4.78 is 5.85. The molecule has 10 nitrogen and oxygen atoms in total. The number of amides is 4. The summed E-state index contributed by atoms with van der Waals surface area (Å²) in [5.41, 5.74) is 2.30. The maximum absolute atomic E-state index is 13.5. The Kier molecular flexibility index (Phi) is 9.64. The molecule has 1 saturated carbocycles. The van der Waals surface area contributed by atoms with E-state index in [1.54, 1.807) is 29.3 Å². The number of para-hydroxylation sites is 1. The predicted molar refractivity (Wildman–Crippen MR) is 174 cm³/mol. The first-order chi connectivity index (χ1) is 19.4. The molecule has 4 aromatic rings. The highest BCUT2D eigenvalue weighted by Gasteiger charge is 2.35. The van der Waals surface area contributed by atoms with Crippen molar-refractivity contribution in [3.05, 3.63) is 65.3 Å². The van der Waals surface area contributed by atoms with Gasteiger partial charge in [0.15, 0.2) is 0 Å². The zero-order valence-corrected chi connectivity index (χ0v) is 25.9. The van der Waals surface area contributed by atoms with E-state index < -0.39 is 6.03 Å². The molecule has 0 bridgehead atoms. The monoisotopic (exact) mass is 624 g/mol. The van der Waals surface area contributed by atoms with Crippen LogP contribution in [0.4, 0.5) is 21.9 Å². The number of carbonyl (C=O) groups is 3. The molecule has 1 aliphatic heterocycles. The van der Waals surface area contributed by atoms with Gasteiger partial charge in [-0.25, -0.2) is 14.8 Å². The second kappa shape index (κ2) is 13.0. The van der Waals surface area contributed by atoms with E-state index in [-0.39, 0.29) is 50.9 Å². The van der Waals surface area contributed by atoms with Gasteiger partial charge in [-0.2, -0.15) is 27.0 Å². The number of nitrogens with one attached hydrogen (secondary N) is 3. The zero-order valence-electron chi connectivity index (χ0n) is 23.1. The Balaban J connectivity index is 0.00000202. The second-order valence-corrected chi connectivity index (χ2v) is 10.9. The topological polar surface area (TPSA) is 126 Å². The second-order valence-electron chi connectivity index (χ2n) is 9.85. The lowest BCUT2D eigenvalue weighted by Gasteiger charge is -2.29. The summed E-state index contributed by atoms with van der Waals surface area (Å²) in [6.07, 6.45) is 4.35. The minimum atomic E-state index is -0.391. The van der Waals surface area contributed by atoms with Crippen LogP contribution in [0.5, 0.6) is 11.6 Å². The number of carbonyl (C=O) groups excluding carboxylic acids is 3. The molecule has 2 aliphatic rings. The molecular formula is C29H32N6O4S3. The molecule has 220 valence electrons. The fraction of sp³-hybridized carbons (Fsp3) is 0.276. The third-order valence-corrected chi connectivity index (χ3v) is 8.24. The number of nitrogens with zero attached hydrogens (tertiary/aromatic N) is 3. The molecule has 1 aromatic carbocycles. The summed E-state index contributed by atoms with van der Waals surface area (Å²) in [6.45, 7) is 3.64. The molecule has 6 rings (SSSR count). The molecule has 1 aliphatic carbocycles. The van der Waals surface area contributed by atoms with Crippen LogP contribution in [0.2, 0.25) is 0 Å². The molecule has 0 saturated heterocycles. The number of anilines is 3. The van der Waals surface area contributed by atoms with Crippen LogP contribution in [0.25, 0.3) is 10.2 Å². The smallest absolute Gasteiger partial charge is 0.331 e. The van der Waals surface area contributed by atoms with Crippen molar-refractivity contribution in [1.29, 1.82) is 0 Å². The number of thiophene rings is 1. The normalized spacial score (nSPS) is 17.1. The average molecular weight is 625 g/mol. The van der Waals surface area contributed by atoms with Crippen LogP contribution in [0, 0.1) is 6.92 Å². The molecule has 3 N–H and O–H groups in total. The number of ether oxygens (including phenoxy) is 1. The molecule has 2 atom stereocenters. The molecule has 1 fully saturated rings. The van der Waals surface area contributed by atoms with Gasteiger partial charge in [0.25, 0.3) is 5.91 Å². The van der Waals surface area contributed by atoms with Gasteiger partial charge in [-0.15, -0.1) is 11.3 Å². The van der Waals surface area contributed by atoms with Gasteiger partial charge < -0.3 is 20.7 Å². The van der Waals surface area contributed by atoms with Crippen LogP contribution in [0.3, 0.4) is 0 Å². The number of urea groups is 1. The molecule has 4 heterocycles. The first kappa shape index (κ1) is 31.1. The maximum Gasteiger partial charge on any atom is 0.331 e. The zero-order chi connectivity index (χ0) is 27.8. The lowest BCUT2D eigenvalue weighted by molar-refractivity contribution is -0.121. The molecule has 42 heavy (non-hydrogen) atoms. The minimum Gasteiger partial charge on any atom is -0.439 e. The van der Waals surface area contributed by atoms with Gasteiger partial charge in [0, 0.05) is 30.8 Å². The molecule has 3 aromatic heterocycles. The number of aromatic nitrogens is 2. The maximum atomic E-state index is 13.5. The lowest BCUT2D eigenvalue weighted by atomic mass is 10.1. The number of hydrogen-bond donors (Lipinski definition) is 3. The fourth-order valence-electron chi connectivity index (χ4n) is 5.24. The Labute approximate surface area is 261 Å². The largest absolute Gasteiger partial charge is 0.439 e. The Morgan fingerprint density at radius 1 is 1.05 bits per heavy atom. The van der Waals surface area contributed by atoms with Crippen molar-refractivity contribution in [2.24, 2.45) is 0 Å². The van der Waals surface area contributed by atoms with Crippen LogP contribution in [-0.2, 0) is 4.79 Å². The summed E-state index contributed by atoms with van der Waals surface area (Å²) in [7, 11) is 0. The van der Waals surface area contributed by atoms with Crippen LogP contribution in [0.1, 0.15) is 48.0 Å². The van der Waals surface area contributed by atoms with Gasteiger partial charge in [-0.05, 0) is 50.5 Å². The van der Waals surface area contributed by atoms with Gasteiger partial charge in [0.1, 0.15) is 15.5 Å². The Morgan fingerprint density at radius 2 is 1.79 bits per heavy atom. The van der Waals surface area contributed by atoms with Crippen molar-refractivity contribution < 1.29 is 19.1 Å². The summed E-state index contributed by atoms with van der Waals surface area (Å²) in [6, 6.07) is 14.3.